The van der Waals surface area contributed by atoms with E-state index in [2.05, 4.69) is 20.5 Å². The van der Waals surface area contributed by atoms with E-state index >= 15 is 0 Å². The predicted octanol–water partition coefficient (Wildman–Crippen LogP) is 1.24. The summed E-state index contributed by atoms with van der Waals surface area (Å²) in [5, 5.41) is 10.5. The number of rotatable bonds is 5. The van der Waals surface area contributed by atoms with Gasteiger partial charge in [0.05, 0.1) is 21.3 Å². The lowest BCUT2D eigenvalue weighted by Gasteiger charge is -2.14. The summed E-state index contributed by atoms with van der Waals surface area (Å²) >= 11 is 0. The van der Waals surface area contributed by atoms with Crippen molar-refractivity contribution in [2.24, 2.45) is 0 Å². The van der Waals surface area contributed by atoms with E-state index in [-0.39, 0.29) is 11.5 Å². The number of H-pyrrole nitrogens is 1. The first-order chi connectivity index (χ1) is 10.1. The molecule has 0 saturated carbocycles. The number of aryl methyl sites for hydroxylation is 1. The Morgan fingerprint density at radius 2 is 1.67 bits per heavy atom. The smallest absolute Gasteiger partial charge is 0.273 e. The fourth-order valence-corrected chi connectivity index (χ4v) is 1.74. The van der Waals surface area contributed by atoms with Crippen molar-refractivity contribution in [3.63, 3.8) is 0 Å². The summed E-state index contributed by atoms with van der Waals surface area (Å²) in [7, 11) is 4.57. The van der Waals surface area contributed by atoms with Crippen molar-refractivity contribution in [3.8, 4) is 17.2 Å². The molecule has 21 heavy (non-hydrogen) atoms. The Hall–Kier alpha value is -2.77. The molecule has 1 aromatic carbocycles. The Morgan fingerprint density at radius 3 is 2.14 bits per heavy atom. The Morgan fingerprint density at radius 1 is 1.05 bits per heavy atom. The zero-order valence-corrected chi connectivity index (χ0v) is 12.2. The summed E-state index contributed by atoms with van der Waals surface area (Å²) < 4.78 is 15.7. The summed E-state index contributed by atoms with van der Waals surface area (Å²) in [4.78, 5) is 14.1. The third kappa shape index (κ3) is 3.04. The molecule has 2 N–H and O–H groups in total. The number of aromatic amines is 1. The molecule has 0 aliphatic heterocycles. The van der Waals surface area contributed by atoms with Gasteiger partial charge in [-0.15, -0.1) is 10.2 Å². The van der Waals surface area contributed by atoms with Crippen molar-refractivity contribution >= 4 is 11.6 Å². The second kappa shape index (κ2) is 6.12. The second-order valence-electron chi connectivity index (χ2n) is 4.13. The van der Waals surface area contributed by atoms with E-state index in [1.807, 2.05) is 0 Å². The van der Waals surface area contributed by atoms with Gasteiger partial charge in [-0.2, -0.15) is 0 Å². The number of aromatic nitrogens is 3. The van der Waals surface area contributed by atoms with Gasteiger partial charge in [-0.3, -0.25) is 9.78 Å². The quantitative estimate of drug-likeness (QED) is 0.855. The van der Waals surface area contributed by atoms with Gasteiger partial charge in [0.2, 0.25) is 11.7 Å². The molecule has 0 aliphatic rings. The van der Waals surface area contributed by atoms with Gasteiger partial charge in [-0.1, -0.05) is 0 Å². The van der Waals surface area contributed by atoms with Crippen LogP contribution in [0.4, 0.5) is 11.6 Å². The van der Waals surface area contributed by atoms with Crippen molar-refractivity contribution in [1.82, 2.24) is 15.2 Å². The van der Waals surface area contributed by atoms with E-state index in [0.717, 1.165) is 0 Å². The Balaban J connectivity index is 2.39. The third-order valence-corrected chi connectivity index (χ3v) is 2.79. The average molecular weight is 292 g/mol. The fraction of sp³-hybridized carbons (Fsp3) is 0.308. The maximum absolute atomic E-state index is 11.5. The SMILES string of the molecule is COc1cc(Nc2nnc(C)c(=O)[nH]2)cc(OC)c1OC. The Labute approximate surface area is 121 Å². The molecule has 2 rings (SSSR count). The van der Waals surface area contributed by atoms with E-state index in [1.165, 1.54) is 21.3 Å². The maximum atomic E-state index is 11.5. The first-order valence-electron chi connectivity index (χ1n) is 6.09. The van der Waals surface area contributed by atoms with Gasteiger partial charge in [-0.05, 0) is 6.92 Å². The second-order valence-corrected chi connectivity index (χ2v) is 4.13. The molecule has 1 aromatic heterocycles. The van der Waals surface area contributed by atoms with Crippen molar-refractivity contribution in [1.29, 1.82) is 0 Å². The van der Waals surface area contributed by atoms with Gasteiger partial charge < -0.3 is 19.5 Å². The molecule has 0 aliphatic carbocycles. The molecule has 8 nitrogen and oxygen atoms in total. The van der Waals surface area contributed by atoms with Gasteiger partial charge in [-0.25, -0.2) is 0 Å². The summed E-state index contributed by atoms with van der Waals surface area (Å²) in [5.41, 5.74) is 0.601. The largest absolute Gasteiger partial charge is 0.493 e. The van der Waals surface area contributed by atoms with Crippen LogP contribution in [0.3, 0.4) is 0 Å². The van der Waals surface area contributed by atoms with Crippen LogP contribution in [0.25, 0.3) is 0 Å². The van der Waals surface area contributed by atoms with Crippen molar-refractivity contribution in [3.05, 3.63) is 28.2 Å². The molecule has 0 saturated heterocycles. The monoisotopic (exact) mass is 292 g/mol. The van der Waals surface area contributed by atoms with Gasteiger partial charge in [0.15, 0.2) is 11.5 Å². The summed E-state index contributed by atoms with van der Waals surface area (Å²) in [6.07, 6.45) is 0. The number of hydrogen-bond acceptors (Lipinski definition) is 7. The predicted molar refractivity (Wildman–Crippen MR) is 76.8 cm³/mol. The molecule has 112 valence electrons. The molecule has 0 bridgehead atoms. The number of methoxy groups -OCH3 is 3. The maximum Gasteiger partial charge on any atom is 0.273 e. The normalized spacial score (nSPS) is 10.1. The zero-order valence-electron chi connectivity index (χ0n) is 12.2. The van der Waals surface area contributed by atoms with Crippen molar-refractivity contribution < 1.29 is 14.2 Å². The van der Waals surface area contributed by atoms with Crippen LogP contribution >= 0.6 is 0 Å². The number of anilines is 2. The highest BCUT2D eigenvalue weighted by Gasteiger charge is 2.13. The van der Waals surface area contributed by atoms with Crippen LogP contribution in [-0.2, 0) is 0 Å². The first kappa shape index (κ1) is 14.6. The topological polar surface area (TPSA) is 98.4 Å². The van der Waals surface area contributed by atoms with Crippen LogP contribution in [0.5, 0.6) is 17.2 Å². The number of nitrogens with zero attached hydrogens (tertiary/aromatic N) is 2. The molecule has 2 aromatic rings. The zero-order chi connectivity index (χ0) is 15.4. The summed E-state index contributed by atoms with van der Waals surface area (Å²) in [6, 6.07) is 3.39. The highest BCUT2D eigenvalue weighted by molar-refractivity contribution is 5.65. The molecule has 0 radical (unpaired) electrons. The van der Waals surface area contributed by atoms with Crippen LogP contribution in [0.2, 0.25) is 0 Å². The molecule has 0 unspecified atom stereocenters. The Bertz CT molecular complexity index is 674. The van der Waals surface area contributed by atoms with E-state index in [1.54, 1.807) is 19.1 Å². The van der Waals surface area contributed by atoms with E-state index < -0.39 is 0 Å². The number of ether oxygens (including phenoxy) is 3. The standard InChI is InChI=1S/C13H16N4O4/c1-7-12(18)15-13(17-16-7)14-8-5-9(19-2)11(21-4)10(6-8)20-3/h5-6H,1-4H3,(H2,14,15,17,18). The highest BCUT2D eigenvalue weighted by atomic mass is 16.5. The van der Waals surface area contributed by atoms with Crippen molar-refractivity contribution in [2.45, 2.75) is 6.92 Å². The molecule has 0 fully saturated rings. The molecule has 0 spiro atoms. The van der Waals surface area contributed by atoms with Crippen LogP contribution in [0.15, 0.2) is 16.9 Å². The fourth-order valence-electron chi connectivity index (χ4n) is 1.74. The van der Waals surface area contributed by atoms with Crippen molar-refractivity contribution in [2.75, 3.05) is 26.6 Å². The lowest BCUT2D eigenvalue weighted by molar-refractivity contribution is 0.324. The Kier molecular flexibility index (Phi) is 4.27. The van der Waals surface area contributed by atoms with E-state index in [4.69, 9.17) is 14.2 Å². The summed E-state index contributed by atoms with van der Waals surface area (Å²) in [5.74, 6) is 1.68. The molecule has 0 amide bonds. The molecule has 0 atom stereocenters. The number of hydrogen-bond donors (Lipinski definition) is 2. The van der Waals surface area contributed by atoms with Gasteiger partial charge >= 0.3 is 0 Å². The number of benzene rings is 1. The van der Waals surface area contributed by atoms with E-state index in [9.17, 15) is 4.79 Å². The average Bonchev–Trinajstić information content (AvgIpc) is 2.49. The van der Waals surface area contributed by atoms with Gasteiger partial charge in [0.25, 0.3) is 5.56 Å². The highest BCUT2D eigenvalue weighted by Crippen LogP contribution is 2.40. The number of nitrogens with one attached hydrogen (secondary N) is 2. The molecular weight excluding hydrogens is 276 g/mol. The molecule has 1 heterocycles. The minimum absolute atomic E-state index is 0.222. The van der Waals surface area contributed by atoms with Crippen LogP contribution in [-0.4, -0.2) is 36.5 Å². The van der Waals surface area contributed by atoms with Gasteiger partial charge in [0, 0.05) is 17.8 Å². The van der Waals surface area contributed by atoms with Crippen LogP contribution in [0, 0.1) is 6.92 Å². The minimum Gasteiger partial charge on any atom is -0.493 e. The van der Waals surface area contributed by atoms with E-state index in [0.29, 0.717) is 28.6 Å². The summed E-state index contributed by atoms with van der Waals surface area (Å²) in [6.45, 7) is 1.58. The minimum atomic E-state index is -0.306. The van der Waals surface area contributed by atoms with Crippen LogP contribution < -0.4 is 25.1 Å². The third-order valence-electron chi connectivity index (χ3n) is 2.79. The lowest BCUT2D eigenvalue weighted by Crippen LogP contribution is -2.15. The molecular formula is C13H16N4O4. The lowest BCUT2D eigenvalue weighted by atomic mass is 10.2. The van der Waals surface area contributed by atoms with Gasteiger partial charge in [0.1, 0.15) is 5.69 Å². The first-order valence-corrected chi connectivity index (χ1v) is 6.09. The molecule has 8 heteroatoms. The van der Waals surface area contributed by atoms with Crippen LogP contribution in [0.1, 0.15) is 5.69 Å².